The standard InChI is InChI=1S/C14H11Cl2F2NS/c15-10-2-1-9(13(16)7-10)8-19-11-3-5-12(6-4-11)20-14(17)18/h1-7,14,19H,8H2. The van der Waals surface area contributed by atoms with E-state index in [9.17, 15) is 8.78 Å². The number of thioether (sulfide) groups is 1. The fraction of sp³-hybridized carbons (Fsp3) is 0.143. The second kappa shape index (κ2) is 7.16. The van der Waals surface area contributed by atoms with Gasteiger partial charge in [-0.2, -0.15) is 8.78 Å². The Morgan fingerprint density at radius 1 is 1.05 bits per heavy atom. The highest BCUT2D eigenvalue weighted by Gasteiger charge is 2.05. The monoisotopic (exact) mass is 333 g/mol. The van der Waals surface area contributed by atoms with Gasteiger partial charge in [0, 0.05) is 27.2 Å². The quantitative estimate of drug-likeness (QED) is 0.681. The Bertz CT molecular complexity index is 576. The summed E-state index contributed by atoms with van der Waals surface area (Å²) in [6.45, 7) is 0.539. The van der Waals surface area contributed by atoms with Crippen LogP contribution in [0.2, 0.25) is 10.0 Å². The molecule has 2 aromatic carbocycles. The van der Waals surface area contributed by atoms with Crippen LogP contribution in [0.4, 0.5) is 14.5 Å². The summed E-state index contributed by atoms with van der Waals surface area (Å²) in [4.78, 5) is 0.537. The van der Waals surface area contributed by atoms with Crippen molar-refractivity contribution in [3.05, 3.63) is 58.1 Å². The molecule has 0 unspecified atom stereocenters. The molecule has 2 rings (SSSR count). The van der Waals surface area contributed by atoms with Crippen LogP contribution in [0.1, 0.15) is 5.56 Å². The summed E-state index contributed by atoms with van der Waals surface area (Å²) < 4.78 is 24.4. The van der Waals surface area contributed by atoms with Crippen molar-refractivity contribution in [3.63, 3.8) is 0 Å². The number of anilines is 1. The Morgan fingerprint density at radius 2 is 1.75 bits per heavy atom. The molecule has 0 aromatic heterocycles. The first kappa shape index (κ1) is 15.4. The Kier molecular flexibility index (Phi) is 5.52. The van der Waals surface area contributed by atoms with Gasteiger partial charge in [-0.3, -0.25) is 0 Å². The van der Waals surface area contributed by atoms with Crippen molar-refractivity contribution in [1.29, 1.82) is 0 Å². The predicted molar refractivity (Wildman–Crippen MR) is 82.1 cm³/mol. The SMILES string of the molecule is FC(F)Sc1ccc(NCc2ccc(Cl)cc2Cl)cc1. The van der Waals surface area contributed by atoms with E-state index in [4.69, 9.17) is 23.2 Å². The topological polar surface area (TPSA) is 12.0 Å². The van der Waals surface area contributed by atoms with E-state index in [2.05, 4.69) is 5.32 Å². The van der Waals surface area contributed by atoms with E-state index in [1.807, 2.05) is 6.07 Å². The molecule has 0 heterocycles. The fourth-order valence-corrected chi connectivity index (χ4v) is 2.59. The van der Waals surface area contributed by atoms with Gasteiger partial charge in [0.05, 0.1) is 0 Å². The summed E-state index contributed by atoms with van der Waals surface area (Å²) in [6.07, 6.45) is 0. The third kappa shape index (κ3) is 4.54. The Balaban J connectivity index is 1.96. The maximum absolute atomic E-state index is 12.2. The molecule has 0 saturated heterocycles. The molecule has 0 aliphatic heterocycles. The third-order valence-electron chi connectivity index (χ3n) is 2.58. The number of hydrogen-bond acceptors (Lipinski definition) is 2. The van der Waals surface area contributed by atoms with Gasteiger partial charge in [0.1, 0.15) is 0 Å². The average Bonchev–Trinajstić information content (AvgIpc) is 2.39. The van der Waals surface area contributed by atoms with Gasteiger partial charge in [-0.15, -0.1) is 0 Å². The van der Waals surface area contributed by atoms with E-state index in [0.29, 0.717) is 33.2 Å². The second-order valence-corrected chi connectivity index (χ2v) is 5.90. The highest BCUT2D eigenvalue weighted by molar-refractivity contribution is 7.99. The molecule has 0 fully saturated rings. The van der Waals surface area contributed by atoms with Gasteiger partial charge in [0.2, 0.25) is 0 Å². The fourth-order valence-electron chi connectivity index (χ4n) is 1.62. The number of rotatable bonds is 5. The molecule has 0 spiro atoms. The molecule has 0 aliphatic carbocycles. The van der Waals surface area contributed by atoms with Crippen LogP contribution in [0.15, 0.2) is 47.4 Å². The molecule has 1 nitrogen and oxygen atoms in total. The Morgan fingerprint density at radius 3 is 2.35 bits per heavy atom. The zero-order valence-corrected chi connectivity index (χ0v) is 12.6. The van der Waals surface area contributed by atoms with E-state index >= 15 is 0 Å². The van der Waals surface area contributed by atoms with E-state index in [1.54, 1.807) is 36.4 Å². The molecule has 20 heavy (non-hydrogen) atoms. The smallest absolute Gasteiger partial charge is 0.288 e. The molecule has 2 aromatic rings. The molecule has 106 valence electrons. The van der Waals surface area contributed by atoms with Crippen LogP contribution in [0, 0.1) is 0 Å². The van der Waals surface area contributed by atoms with Crippen LogP contribution < -0.4 is 5.32 Å². The minimum atomic E-state index is -2.40. The molecule has 1 N–H and O–H groups in total. The van der Waals surface area contributed by atoms with Crippen molar-refractivity contribution >= 4 is 40.7 Å². The van der Waals surface area contributed by atoms with Crippen LogP contribution in [0.3, 0.4) is 0 Å². The Hall–Kier alpha value is -0.970. The summed E-state index contributed by atoms with van der Waals surface area (Å²) in [7, 11) is 0. The summed E-state index contributed by atoms with van der Waals surface area (Å²) in [5.74, 6) is -2.40. The number of halogens is 4. The molecule has 0 bridgehead atoms. The van der Waals surface area contributed by atoms with Crippen LogP contribution in [0.25, 0.3) is 0 Å². The molecule has 0 amide bonds. The van der Waals surface area contributed by atoms with Gasteiger partial charge < -0.3 is 5.32 Å². The van der Waals surface area contributed by atoms with E-state index in [-0.39, 0.29) is 0 Å². The van der Waals surface area contributed by atoms with Crippen molar-refractivity contribution < 1.29 is 8.78 Å². The molecule has 0 atom stereocenters. The predicted octanol–water partition coefficient (Wildman–Crippen LogP) is 5.92. The van der Waals surface area contributed by atoms with Gasteiger partial charge >= 0.3 is 0 Å². The van der Waals surface area contributed by atoms with E-state index in [1.165, 1.54) is 0 Å². The first-order chi connectivity index (χ1) is 9.54. The van der Waals surface area contributed by atoms with Gasteiger partial charge in [0.25, 0.3) is 5.76 Å². The van der Waals surface area contributed by atoms with Crippen LogP contribution in [-0.4, -0.2) is 5.76 Å². The normalized spacial score (nSPS) is 10.8. The minimum Gasteiger partial charge on any atom is -0.381 e. The van der Waals surface area contributed by atoms with Crippen molar-refractivity contribution in [3.8, 4) is 0 Å². The largest absolute Gasteiger partial charge is 0.381 e. The summed E-state index contributed by atoms with van der Waals surface area (Å²) in [5.41, 5.74) is 1.76. The highest BCUT2D eigenvalue weighted by atomic mass is 35.5. The lowest BCUT2D eigenvalue weighted by molar-refractivity contribution is 0.252. The van der Waals surface area contributed by atoms with Crippen LogP contribution >= 0.6 is 35.0 Å². The Labute approximate surface area is 130 Å². The molecule has 0 aliphatic rings. The molecular formula is C14H11Cl2F2NS. The maximum Gasteiger partial charge on any atom is 0.288 e. The van der Waals surface area contributed by atoms with Crippen LogP contribution in [0.5, 0.6) is 0 Å². The van der Waals surface area contributed by atoms with Gasteiger partial charge in [-0.25, -0.2) is 0 Å². The molecule has 0 radical (unpaired) electrons. The first-order valence-corrected chi connectivity index (χ1v) is 7.41. The van der Waals surface area contributed by atoms with Crippen molar-refractivity contribution in [2.75, 3.05) is 5.32 Å². The van der Waals surface area contributed by atoms with Crippen molar-refractivity contribution in [2.45, 2.75) is 17.2 Å². The number of nitrogens with one attached hydrogen (secondary N) is 1. The minimum absolute atomic E-state index is 0.529. The highest BCUT2D eigenvalue weighted by Crippen LogP contribution is 2.27. The molecular weight excluding hydrogens is 323 g/mol. The summed E-state index contributed by atoms with van der Waals surface area (Å²) >= 11 is 12.4. The lowest BCUT2D eigenvalue weighted by Gasteiger charge is -2.09. The first-order valence-electron chi connectivity index (χ1n) is 5.77. The van der Waals surface area contributed by atoms with Crippen molar-refractivity contribution in [2.24, 2.45) is 0 Å². The van der Waals surface area contributed by atoms with E-state index in [0.717, 1.165) is 11.3 Å². The zero-order chi connectivity index (χ0) is 14.5. The second-order valence-electron chi connectivity index (χ2n) is 3.99. The summed E-state index contributed by atoms with van der Waals surface area (Å²) in [6, 6.07) is 12.1. The molecule has 0 saturated carbocycles. The van der Waals surface area contributed by atoms with E-state index < -0.39 is 5.76 Å². The lowest BCUT2D eigenvalue weighted by atomic mass is 10.2. The summed E-state index contributed by atoms with van der Waals surface area (Å²) in [5, 5.41) is 4.36. The number of alkyl halides is 2. The van der Waals surface area contributed by atoms with Crippen molar-refractivity contribution in [1.82, 2.24) is 0 Å². The van der Waals surface area contributed by atoms with Gasteiger partial charge in [-0.05, 0) is 42.0 Å². The number of hydrogen-bond donors (Lipinski definition) is 1. The molecule has 6 heteroatoms. The lowest BCUT2D eigenvalue weighted by Crippen LogP contribution is -1.99. The average molecular weight is 334 g/mol. The van der Waals surface area contributed by atoms with Crippen LogP contribution in [-0.2, 0) is 6.54 Å². The number of benzene rings is 2. The van der Waals surface area contributed by atoms with Gasteiger partial charge in [0.15, 0.2) is 0 Å². The maximum atomic E-state index is 12.2. The third-order valence-corrected chi connectivity index (χ3v) is 3.89. The zero-order valence-electron chi connectivity index (χ0n) is 10.2. The van der Waals surface area contributed by atoms with Gasteiger partial charge in [-0.1, -0.05) is 41.0 Å².